The molecule has 1 aliphatic heterocycles. The zero-order valence-corrected chi connectivity index (χ0v) is 17.5. The topological polar surface area (TPSA) is 90.5 Å². The van der Waals surface area contributed by atoms with Gasteiger partial charge in [-0.1, -0.05) is 18.2 Å². The van der Waals surface area contributed by atoms with Crippen LogP contribution in [0.3, 0.4) is 0 Å². The highest BCUT2D eigenvalue weighted by atomic mass is 16.2. The molecule has 1 saturated heterocycles. The van der Waals surface area contributed by atoms with Gasteiger partial charge in [0.25, 0.3) is 5.91 Å². The van der Waals surface area contributed by atoms with Crippen LogP contribution in [0.15, 0.2) is 42.7 Å². The SMILES string of the molecule is Cc1ccccc1C(=O)NCCC(=O)NCCCN1CCN(c2ncccn2)CC1. The molecule has 30 heavy (non-hydrogen) atoms. The lowest BCUT2D eigenvalue weighted by molar-refractivity contribution is -0.120. The van der Waals surface area contributed by atoms with Crippen LogP contribution in [0.5, 0.6) is 0 Å². The Morgan fingerprint density at radius 2 is 1.70 bits per heavy atom. The molecule has 1 fully saturated rings. The fourth-order valence-corrected chi connectivity index (χ4v) is 3.46. The molecule has 8 nitrogen and oxygen atoms in total. The lowest BCUT2D eigenvalue weighted by atomic mass is 10.1. The molecular formula is C22H30N6O2. The number of carbonyl (C=O) groups is 2. The Labute approximate surface area is 177 Å². The average molecular weight is 411 g/mol. The Balaban J connectivity index is 1.24. The van der Waals surface area contributed by atoms with Crippen LogP contribution in [-0.2, 0) is 4.79 Å². The lowest BCUT2D eigenvalue weighted by Gasteiger charge is -2.34. The van der Waals surface area contributed by atoms with E-state index in [1.807, 2.05) is 31.2 Å². The third-order valence-corrected chi connectivity index (χ3v) is 5.21. The summed E-state index contributed by atoms with van der Waals surface area (Å²) in [5.41, 5.74) is 1.58. The molecule has 0 unspecified atom stereocenters. The first kappa shape index (κ1) is 21.7. The van der Waals surface area contributed by atoms with Gasteiger partial charge in [0.2, 0.25) is 11.9 Å². The quantitative estimate of drug-likeness (QED) is 0.605. The number of aryl methyl sites for hydroxylation is 1. The van der Waals surface area contributed by atoms with Crippen LogP contribution in [0, 0.1) is 6.92 Å². The summed E-state index contributed by atoms with van der Waals surface area (Å²) in [7, 11) is 0. The molecule has 1 aromatic carbocycles. The van der Waals surface area contributed by atoms with Crippen LogP contribution in [-0.4, -0.2) is 72.5 Å². The maximum absolute atomic E-state index is 12.1. The number of hydrogen-bond donors (Lipinski definition) is 2. The number of benzene rings is 1. The lowest BCUT2D eigenvalue weighted by Crippen LogP contribution is -2.47. The van der Waals surface area contributed by atoms with Gasteiger partial charge in [0.1, 0.15) is 0 Å². The van der Waals surface area contributed by atoms with Gasteiger partial charge in [-0.3, -0.25) is 14.5 Å². The van der Waals surface area contributed by atoms with E-state index in [1.54, 1.807) is 18.5 Å². The summed E-state index contributed by atoms with van der Waals surface area (Å²) in [5.74, 6) is 0.617. The average Bonchev–Trinajstić information content (AvgIpc) is 2.78. The number of piperazine rings is 1. The van der Waals surface area contributed by atoms with E-state index in [9.17, 15) is 9.59 Å². The van der Waals surface area contributed by atoms with Crippen LogP contribution in [0.4, 0.5) is 5.95 Å². The molecule has 0 saturated carbocycles. The van der Waals surface area contributed by atoms with Crippen molar-refractivity contribution in [3.8, 4) is 0 Å². The monoisotopic (exact) mass is 410 g/mol. The van der Waals surface area contributed by atoms with Gasteiger partial charge in [-0.15, -0.1) is 0 Å². The molecule has 0 atom stereocenters. The zero-order valence-electron chi connectivity index (χ0n) is 17.5. The molecule has 0 radical (unpaired) electrons. The molecule has 0 spiro atoms. The standard InChI is InChI=1S/C22H30N6O2/c1-18-6-2-3-7-19(18)21(30)24-12-8-20(29)23-11-5-13-27-14-16-28(17-15-27)22-25-9-4-10-26-22/h2-4,6-7,9-10H,5,8,11-17H2,1H3,(H,23,29)(H,24,30). The minimum Gasteiger partial charge on any atom is -0.356 e. The van der Waals surface area contributed by atoms with Crippen molar-refractivity contribution < 1.29 is 9.59 Å². The van der Waals surface area contributed by atoms with Crippen LogP contribution < -0.4 is 15.5 Å². The second-order valence-corrected chi connectivity index (χ2v) is 7.40. The fourth-order valence-electron chi connectivity index (χ4n) is 3.46. The van der Waals surface area contributed by atoms with Gasteiger partial charge in [0, 0.05) is 63.6 Å². The maximum Gasteiger partial charge on any atom is 0.251 e. The van der Waals surface area contributed by atoms with Gasteiger partial charge in [-0.25, -0.2) is 9.97 Å². The molecule has 2 heterocycles. The second-order valence-electron chi connectivity index (χ2n) is 7.40. The number of rotatable bonds is 9. The van der Waals surface area contributed by atoms with Crippen molar-refractivity contribution in [1.82, 2.24) is 25.5 Å². The van der Waals surface area contributed by atoms with Crippen LogP contribution in [0.2, 0.25) is 0 Å². The predicted octanol–water partition coefficient (Wildman–Crippen LogP) is 1.23. The van der Waals surface area contributed by atoms with E-state index in [0.29, 0.717) is 18.7 Å². The summed E-state index contributed by atoms with van der Waals surface area (Å²) in [6.07, 6.45) is 4.73. The molecule has 3 rings (SSSR count). The normalized spacial score (nSPS) is 14.4. The molecule has 2 aromatic rings. The highest BCUT2D eigenvalue weighted by Crippen LogP contribution is 2.09. The van der Waals surface area contributed by atoms with E-state index in [4.69, 9.17) is 0 Å². The Hall–Kier alpha value is -3.00. The maximum atomic E-state index is 12.1. The first-order valence-corrected chi connectivity index (χ1v) is 10.5. The third-order valence-electron chi connectivity index (χ3n) is 5.21. The first-order chi connectivity index (χ1) is 14.6. The summed E-state index contributed by atoms with van der Waals surface area (Å²) < 4.78 is 0. The first-order valence-electron chi connectivity index (χ1n) is 10.5. The van der Waals surface area contributed by atoms with E-state index in [1.165, 1.54) is 0 Å². The minimum absolute atomic E-state index is 0.0360. The van der Waals surface area contributed by atoms with Gasteiger partial charge >= 0.3 is 0 Å². The number of nitrogens with zero attached hydrogens (tertiary/aromatic N) is 4. The molecule has 8 heteroatoms. The smallest absolute Gasteiger partial charge is 0.251 e. The number of aromatic nitrogens is 2. The highest BCUT2D eigenvalue weighted by molar-refractivity contribution is 5.95. The molecule has 1 aliphatic rings. The third kappa shape index (κ3) is 6.52. The minimum atomic E-state index is -0.138. The van der Waals surface area contributed by atoms with Gasteiger partial charge in [-0.05, 0) is 37.6 Å². The van der Waals surface area contributed by atoms with Crippen LogP contribution >= 0.6 is 0 Å². The summed E-state index contributed by atoms with van der Waals surface area (Å²) in [6, 6.07) is 9.25. The number of amides is 2. The number of carbonyl (C=O) groups excluding carboxylic acids is 2. The Morgan fingerprint density at radius 3 is 2.43 bits per heavy atom. The largest absolute Gasteiger partial charge is 0.356 e. The van der Waals surface area contributed by atoms with E-state index in [0.717, 1.165) is 50.7 Å². The molecule has 1 aromatic heterocycles. The number of hydrogen-bond acceptors (Lipinski definition) is 6. The van der Waals surface area contributed by atoms with Crippen molar-refractivity contribution in [3.05, 3.63) is 53.9 Å². The zero-order chi connectivity index (χ0) is 21.2. The number of anilines is 1. The molecule has 2 N–H and O–H groups in total. The van der Waals surface area contributed by atoms with Gasteiger partial charge < -0.3 is 15.5 Å². The van der Waals surface area contributed by atoms with Crippen molar-refractivity contribution >= 4 is 17.8 Å². The molecule has 0 aliphatic carbocycles. The molecule has 160 valence electrons. The van der Waals surface area contributed by atoms with Crippen molar-refractivity contribution in [3.63, 3.8) is 0 Å². The van der Waals surface area contributed by atoms with Gasteiger partial charge in [0.15, 0.2) is 0 Å². The predicted molar refractivity (Wildman–Crippen MR) is 116 cm³/mol. The Bertz CT molecular complexity index is 821. The highest BCUT2D eigenvalue weighted by Gasteiger charge is 2.18. The summed E-state index contributed by atoms with van der Waals surface area (Å²) in [4.78, 5) is 37.3. The van der Waals surface area contributed by atoms with E-state index in [-0.39, 0.29) is 18.2 Å². The van der Waals surface area contributed by atoms with Crippen molar-refractivity contribution in [1.29, 1.82) is 0 Å². The van der Waals surface area contributed by atoms with Crippen molar-refractivity contribution in [2.75, 3.05) is 50.7 Å². The molecular weight excluding hydrogens is 380 g/mol. The van der Waals surface area contributed by atoms with Crippen LogP contribution in [0.25, 0.3) is 0 Å². The summed E-state index contributed by atoms with van der Waals surface area (Å²) in [5, 5.41) is 5.74. The van der Waals surface area contributed by atoms with Crippen LogP contribution in [0.1, 0.15) is 28.8 Å². The van der Waals surface area contributed by atoms with E-state index in [2.05, 4.69) is 30.4 Å². The Kier molecular flexibility index (Phi) is 8.14. The fraction of sp³-hybridized carbons (Fsp3) is 0.455. The van der Waals surface area contributed by atoms with Gasteiger partial charge in [0.05, 0.1) is 0 Å². The summed E-state index contributed by atoms with van der Waals surface area (Å²) in [6.45, 7) is 7.60. The van der Waals surface area contributed by atoms with E-state index < -0.39 is 0 Å². The molecule has 0 bridgehead atoms. The summed E-state index contributed by atoms with van der Waals surface area (Å²) >= 11 is 0. The van der Waals surface area contributed by atoms with Gasteiger partial charge in [-0.2, -0.15) is 0 Å². The van der Waals surface area contributed by atoms with E-state index >= 15 is 0 Å². The Morgan fingerprint density at radius 1 is 0.967 bits per heavy atom. The second kappa shape index (κ2) is 11.3. The van der Waals surface area contributed by atoms with Crippen molar-refractivity contribution in [2.45, 2.75) is 19.8 Å². The molecule has 2 amide bonds. The van der Waals surface area contributed by atoms with Crippen molar-refractivity contribution in [2.24, 2.45) is 0 Å². The number of nitrogens with one attached hydrogen (secondary N) is 2.